The van der Waals surface area contributed by atoms with Crippen molar-refractivity contribution in [2.45, 2.75) is 32.6 Å². The monoisotopic (exact) mass is 350 g/mol. The van der Waals surface area contributed by atoms with Crippen LogP contribution in [0.15, 0.2) is 24.3 Å². The van der Waals surface area contributed by atoms with Crippen molar-refractivity contribution in [2.75, 3.05) is 32.8 Å². The van der Waals surface area contributed by atoms with Crippen LogP contribution in [-0.2, 0) is 20.7 Å². The SMILES string of the molecule is CCOC(=O)CCN(CC(=O)NCCc1ccc(F)cc1)CC1CC1. The van der Waals surface area contributed by atoms with Gasteiger partial charge < -0.3 is 10.1 Å². The number of amides is 1. The Kier molecular flexibility index (Phi) is 7.85. The third kappa shape index (κ3) is 8.12. The summed E-state index contributed by atoms with van der Waals surface area (Å²) < 4.78 is 17.8. The van der Waals surface area contributed by atoms with Gasteiger partial charge in [0, 0.05) is 19.6 Å². The zero-order valence-corrected chi connectivity index (χ0v) is 14.8. The van der Waals surface area contributed by atoms with Crippen LogP contribution in [0.4, 0.5) is 4.39 Å². The molecule has 0 heterocycles. The summed E-state index contributed by atoms with van der Waals surface area (Å²) in [6.07, 6.45) is 3.37. The summed E-state index contributed by atoms with van der Waals surface area (Å²) in [5.74, 6) is 0.117. The van der Waals surface area contributed by atoms with Gasteiger partial charge in [0.1, 0.15) is 5.82 Å². The number of hydrogen-bond donors (Lipinski definition) is 1. The van der Waals surface area contributed by atoms with Gasteiger partial charge in [-0.05, 0) is 49.8 Å². The maximum absolute atomic E-state index is 12.9. The minimum absolute atomic E-state index is 0.0494. The maximum Gasteiger partial charge on any atom is 0.307 e. The van der Waals surface area contributed by atoms with Crippen molar-refractivity contribution in [3.8, 4) is 0 Å². The van der Waals surface area contributed by atoms with Gasteiger partial charge in [-0.15, -0.1) is 0 Å². The molecule has 0 bridgehead atoms. The summed E-state index contributed by atoms with van der Waals surface area (Å²) in [4.78, 5) is 25.7. The third-order valence-electron chi connectivity index (χ3n) is 4.17. The Morgan fingerprint density at radius 2 is 2.00 bits per heavy atom. The van der Waals surface area contributed by atoms with Crippen molar-refractivity contribution in [2.24, 2.45) is 5.92 Å². The van der Waals surface area contributed by atoms with Crippen molar-refractivity contribution < 1.29 is 18.7 Å². The number of carbonyl (C=O) groups is 2. The van der Waals surface area contributed by atoms with Crippen LogP contribution in [0.3, 0.4) is 0 Å². The van der Waals surface area contributed by atoms with Gasteiger partial charge in [-0.1, -0.05) is 12.1 Å². The highest BCUT2D eigenvalue weighted by molar-refractivity contribution is 5.78. The Labute approximate surface area is 148 Å². The second-order valence-electron chi connectivity index (χ2n) is 6.46. The quantitative estimate of drug-likeness (QED) is 0.621. The molecule has 1 N–H and O–H groups in total. The molecule has 1 amide bonds. The molecule has 0 spiro atoms. The van der Waals surface area contributed by atoms with Crippen LogP contribution in [0, 0.1) is 11.7 Å². The van der Waals surface area contributed by atoms with Gasteiger partial charge in [0.25, 0.3) is 0 Å². The van der Waals surface area contributed by atoms with Gasteiger partial charge in [0.15, 0.2) is 0 Å². The smallest absolute Gasteiger partial charge is 0.307 e. The van der Waals surface area contributed by atoms with Gasteiger partial charge in [0.2, 0.25) is 5.91 Å². The van der Waals surface area contributed by atoms with Crippen molar-refractivity contribution in [3.05, 3.63) is 35.6 Å². The molecule has 25 heavy (non-hydrogen) atoms. The van der Waals surface area contributed by atoms with Crippen LogP contribution in [-0.4, -0.2) is 49.6 Å². The maximum atomic E-state index is 12.9. The van der Waals surface area contributed by atoms with E-state index < -0.39 is 0 Å². The van der Waals surface area contributed by atoms with E-state index in [1.807, 2.05) is 4.90 Å². The average molecular weight is 350 g/mol. The van der Waals surface area contributed by atoms with Gasteiger partial charge in [0.05, 0.1) is 19.6 Å². The number of nitrogens with zero attached hydrogens (tertiary/aromatic N) is 1. The lowest BCUT2D eigenvalue weighted by Crippen LogP contribution is -2.40. The highest BCUT2D eigenvalue weighted by atomic mass is 19.1. The lowest BCUT2D eigenvalue weighted by molar-refractivity contribution is -0.143. The minimum atomic E-state index is -0.259. The summed E-state index contributed by atoms with van der Waals surface area (Å²) in [6.45, 7) is 4.37. The fraction of sp³-hybridized carbons (Fsp3) is 0.579. The van der Waals surface area contributed by atoms with Gasteiger partial charge >= 0.3 is 5.97 Å². The first-order valence-electron chi connectivity index (χ1n) is 8.96. The number of ether oxygens (including phenoxy) is 1. The first-order valence-corrected chi connectivity index (χ1v) is 8.96. The Balaban J connectivity index is 1.70. The zero-order chi connectivity index (χ0) is 18.1. The minimum Gasteiger partial charge on any atom is -0.466 e. The van der Waals surface area contributed by atoms with E-state index in [-0.39, 0.29) is 17.7 Å². The number of nitrogens with one attached hydrogen (secondary N) is 1. The lowest BCUT2D eigenvalue weighted by atomic mass is 10.1. The molecule has 6 heteroatoms. The third-order valence-corrected chi connectivity index (χ3v) is 4.17. The number of hydrogen-bond acceptors (Lipinski definition) is 4. The highest BCUT2D eigenvalue weighted by Crippen LogP contribution is 2.29. The number of rotatable bonds is 11. The molecule has 1 aliphatic carbocycles. The van der Waals surface area contributed by atoms with E-state index in [0.717, 1.165) is 12.1 Å². The first-order chi connectivity index (χ1) is 12.1. The zero-order valence-electron chi connectivity index (χ0n) is 14.8. The molecule has 0 saturated heterocycles. The molecule has 0 aromatic heterocycles. The van der Waals surface area contributed by atoms with Crippen molar-refractivity contribution in [3.63, 3.8) is 0 Å². The van der Waals surface area contributed by atoms with Crippen molar-refractivity contribution >= 4 is 11.9 Å². The molecule has 1 saturated carbocycles. The molecule has 1 aromatic rings. The highest BCUT2D eigenvalue weighted by Gasteiger charge is 2.25. The van der Waals surface area contributed by atoms with E-state index in [4.69, 9.17) is 4.74 Å². The molecular formula is C19H27FN2O3. The average Bonchev–Trinajstić information content (AvgIpc) is 3.39. The topological polar surface area (TPSA) is 58.6 Å². The van der Waals surface area contributed by atoms with Crippen LogP contribution in [0.2, 0.25) is 0 Å². The van der Waals surface area contributed by atoms with Gasteiger partial charge in [-0.3, -0.25) is 14.5 Å². The van der Waals surface area contributed by atoms with E-state index in [9.17, 15) is 14.0 Å². The normalized spacial score (nSPS) is 13.7. The summed E-state index contributed by atoms with van der Waals surface area (Å²) >= 11 is 0. The summed E-state index contributed by atoms with van der Waals surface area (Å²) in [6, 6.07) is 6.29. The van der Waals surface area contributed by atoms with E-state index in [1.165, 1.54) is 25.0 Å². The molecule has 1 aliphatic rings. The Hall–Kier alpha value is -1.95. The van der Waals surface area contributed by atoms with E-state index >= 15 is 0 Å². The number of benzene rings is 1. The Morgan fingerprint density at radius 3 is 2.64 bits per heavy atom. The second-order valence-corrected chi connectivity index (χ2v) is 6.46. The van der Waals surface area contributed by atoms with Crippen LogP contribution >= 0.6 is 0 Å². The number of halogens is 1. The molecule has 1 fully saturated rings. The van der Waals surface area contributed by atoms with Gasteiger partial charge in [-0.2, -0.15) is 0 Å². The van der Waals surface area contributed by atoms with Crippen molar-refractivity contribution in [1.82, 2.24) is 10.2 Å². The van der Waals surface area contributed by atoms with Crippen LogP contribution in [0.1, 0.15) is 31.7 Å². The summed E-state index contributed by atoms with van der Waals surface area (Å²) in [7, 11) is 0. The first kappa shape index (κ1) is 19.4. The molecule has 2 rings (SSSR count). The fourth-order valence-electron chi connectivity index (χ4n) is 2.64. The fourth-order valence-corrected chi connectivity index (χ4v) is 2.64. The van der Waals surface area contributed by atoms with E-state index in [2.05, 4.69) is 5.32 Å². The Morgan fingerprint density at radius 1 is 1.28 bits per heavy atom. The second kappa shape index (κ2) is 10.1. The molecule has 0 unspecified atom stereocenters. The molecule has 5 nitrogen and oxygen atoms in total. The van der Waals surface area contributed by atoms with Crippen LogP contribution < -0.4 is 5.32 Å². The van der Waals surface area contributed by atoms with Gasteiger partial charge in [-0.25, -0.2) is 4.39 Å². The van der Waals surface area contributed by atoms with E-state index in [0.29, 0.717) is 45.0 Å². The summed E-state index contributed by atoms with van der Waals surface area (Å²) in [5, 5.41) is 2.89. The van der Waals surface area contributed by atoms with E-state index in [1.54, 1.807) is 19.1 Å². The van der Waals surface area contributed by atoms with Crippen molar-refractivity contribution in [1.29, 1.82) is 0 Å². The molecule has 0 radical (unpaired) electrons. The lowest BCUT2D eigenvalue weighted by Gasteiger charge is -2.21. The Bertz CT molecular complexity index is 558. The predicted octanol–water partition coefficient (Wildman–Crippen LogP) is 2.15. The molecular weight excluding hydrogens is 323 g/mol. The molecule has 0 aliphatic heterocycles. The molecule has 1 aromatic carbocycles. The number of carbonyl (C=O) groups excluding carboxylic acids is 2. The predicted molar refractivity (Wildman–Crippen MR) is 93.5 cm³/mol. The van der Waals surface area contributed by atoms with Crippen LogP contribution in [0.25, 0.3) is 0 Å². The van der Waals surface area contributed by atoms with Crippen LogP contribution in [0.5, 0.6) is 0 Å². The molecule has 138 valence electrons. The molecule has 0 atom stereocenters. The summed E-state index contributed by atoms with van der Waals surface area (Å²) in [5.41, 5.74) is 0.985. The largest absolute Gasteiger partial charge is 0.466 e. The standard InChI is InChI=1S/C19H27FN2O3/c1-2-25-19(24)10-12-22(13-16-3-4-16)14-18(23)21-11-9-15-5-7-17(20)8-6-15/h5-8,16H,2-4,9-14H2,1H3,(H,21,23). The number of esters is 1.